The van der Waals surface area contributed by atoms with E-state index < -0.39 is 0 Å². The molecular weight excluding hydrogens is 212 g/mol. The predicted octanol–water partition coefficient (Wildman–Crippen LogP) is 1.22. The van der Waals surface area contributed by atoms with Gasteiger partial charge < -0.3 is 4.74 Å². The third kappa shape index (κ3) is 2.51. The van der Waals surface area contributed by atoms with Crippen LogP contribution in [0.25, 0.3) is 0 Å². The summed E-state index contributed by atoms with van der Waals surface area (Å²) < 4.78 is 5.39. The predicted molar refractivity (Wildman–Crippen MR) is 67.1 cm³/mol. The average Bonchev–Trinajstić information content (AvgIpc) is 2.40. The molecule has 0 bridgehead atoms. The van der Waals surface area contributed by atoms with Gasteiger partial charge in [-0.15, -0.1) is 0 Å². The van der Waals surface area contributed by atoms with Crippen molar-refractivity contribution in [2.75, 3.05) is 39.4 Å². The van der Waals surface area contributed by atoms with Gasteiger partial charge in [0.1, 0.15) is 0 Å². The van der Waals surface area contributed by atoms with Crippen LogP contribution in [0, 0.1) is 0 Å². The van der Waals surface area contributed by atoms with Gasteiger partial charge in [0.25, 0.3) is 0 Å². The van der Waals surface area contributed by atoms with Gasteiger partial charge in [0.2, 0.25) is 0 Å². The van der Waals surface area contributed by atoms with Crippen molar-refractivity contribution >= 4 is 0 Å². The molecule has 0 aliphatic carbocycles. The Balaban J connectivity index is 1.71. The summed E-state index contributed by atoms with van der Waals surface area (Å²) in [6, 6.07) is 9.12. The van der Waals surface area contributed by atoms with Crippen molar-refractivity contribution in [2.45, 2.75) is 12.5 Å². The molecule has 17 heavy (non-hydrogen) atoms. The maximum atomic E-state index is 5.39. The van der Waals surface area contributed by atoms with Crippen molar-refractivity contribution in [1.82, 2.24) is 10.2 Å². The van der Waals surface area contributed by atoms with Gasteiger partial charge >= 0.3 is 0 Å². The molecule has 2 aliphatic rings. The van der Waals surface area contributed by atoms with E-state index in [1.54, 1.807) is 0 Å². The summed E-state index contributed by atoms with van der Waals surface area (Å²) in [5.74, 6) is 0. The Labute approximate surface area is 103 Å². The van der Waals surface area contributed by atoms with Gasteiger partial charge in [-0.2, -0.15) is 0 Å². The second-order valence-corrected chi connectivity index (χ2v) is 4.78. The third-order valence-electron chi connectivity index (χ3n) is 3.68. The Morgan fingerprint density at radius 2 is 2.06 bits per heavy atom. The number of hydrogen-bond acceptors (Lipinski definition) is 2. The standard InChI is InChI=1S/C14H19N2O/c1-2-4-13-12(3-1)5-6-15-14(13)11-16-7-9-17-10-8-16/h1-4,14H,5-11H2. The van der Waals surface area contributed by atoms with E-state index in [9.17, 15) is 0 Å². The summed E-state index contributed by atoms with van der Waals surface area (Å²) in [5.41, 5.74) is 2.92. The molecule has 1 fully saturated rings. The molecule has 2 heterocycles. The zero-order valence-electron chi connectivity index (χ0n) is 10.1. The maximum Gasteiger partial charge on any atom is 0.0625 e. The molecule has 1 radical (unpaired) electrons. The Kier molecular flexibility index (Phi) is 3.41. The molecule has 91 valence electrons. The van der Waals surface area contributed by atoms with Crippen LogP contribution in [0.5, 0.6) is 0 Å². The Morgan fingerprint density at radius 3 is 2.94 bits per heavy atom. The van der Waals surface area contributed by atoms with Crippen LogP contribution in [0.4, 0.5) is 0 Å². The lowest BCUT2D eigenvalue weighted by Gasteiger charge is -2.33. The molecule has 0 aromatic heterocycles. The number of ether oxygens (including phenoxy) is 1. The molecule has 1 saturated heterocycles. The van der Waals surface area contributed by atoms with E-state index >= 15 is 0 Å². The quantitative estimate of drug-likeness (QED) is 0.765. The van der Waals surface area contributed by atoms with Gasteiger partial charge in [-0.25, -0.2) is 5.32 Å². The van der Waals surface area contributed by atoms with Crippen molar-refractivity contribution in [2.24, 2.45) is 0 Å². The van der Waals surface area contributed by atoms with E-state index in [2.05, 4.69) is 29.2 Å². The topological polar surface area (TPSA) is 26.6 Å². The van der Waals surface area contributed by atoms with Crippen LogP contribution in [0.2, 0.25) is 0 Å². The maximum absolute atomic E-state index is 5.39. The van der Waals surface area contributed by atoms with Crippen LogP contribution < -0.4 is 5.32 Å². The molecule has 1 unspecified atom stereocenters. The minimum atomic E-state index is 0.373. The van der Waals surface area contributed by atoms with Crippen LogP contribution in [-0.2, 0) is 11.2 Å². The highest BCUT2D eigenvalue weighted by Crippen LogP contribution is 2.24. The van der Waals surface area contributed by atoms with Crippen LogP contribution in [0.3, 0.4) is 0 Å². The first-order valence-corrected chi connectivity index (χ1v) is 6.48. The van der Waals surface area contributed by atoms with Crippen molar-refractivity contribution < 1.29 is 4.74 Å². The zero-order valence-corrected chi connectivity index (χ0v) is 10.1. The molecule has 0 N–H and O–H groups in total. The number of fused-ring (bicyclic) bond motifs is 1. The van der Waals surface area contributed by atoms with E-state index in [1.165, 1.54) is 11.1 Å². The van der Waals surface area contributed by atoms with Crippen LogP contribution in [-0.4, -0.2) is 44.3 Å². The molecule has 0 spiro atoms. The number of hydrogen-bond donors (Lipinski definition) is 0. The van der Waals surface area contributed by atoms with Gasteiger partial charge in [0, 0.05) is 26.2 Å². The van der Waals surface area contributed by atoms with Crippen molar-refractivity contribution in [3.63, 3.8) is 0 Å². The van der Waals surface area contributed by atoms with Gasteiger partial charge in [0.15, 0.2) is 0 Å². The highest BCUT2D eigenvalue weighted by atomic mass is 16.5. The Hall–Kier alpha value is -0.900. The second-order valence-electron chi connectivity index (χ2n) is 4.78. The summed E-state index contributed by atoms with van der Waals surface area (Å²) in [7, 11) is 0. The summed E-state index contributed by atoms with van der Waals surface area (Å²) in [4.78, 5) is 2.47. The minimum Gasteiger partial charge on any atom is -0.379 e. The highest BCUT2D eigenvalue weighted by molar-refractivity contribution is 5.32. The molecule has 1 aromatic rings. The van der Waals surface area contributed by atoms with Crippen LogP contribution >= 0.6 is 0 Å². The van der Waals surface area contributed by atoms with Crippen LogP contribution in [0.15, 0.2) is 24.3 Å². The van der Waals surface area contributed by atoms with E-state index in [4.69, 9.17) is 10.1 Å². The minimum absolute atomic E-state index is 0.373. The van der Waals surface area contributed by atoms with E-state index in [1.807, 2.05) is 0 Å². The number of nitrogens with zero attached hydrogens (tertiary/aromatic N) is 2. The number of morpholine rings is 1. The molecule has 1 aromatic carbocycles. The molecule has 3 nitrogen and oxygen atoms in total. The molecule has 1 atom stereocenters. The lowest BCUT2D eigenvalue weighted by molar-refractivity contribution is 0.0329. The monoisotopic (exact) mass is 231 g/mol. The Bertz CT molecular complexity index is 374. The summed E-state index contributed by atoms with van der Waals surface area (Å²) in [5, 5.41) is 4.78. The van der Waals surface area contributed by atoms with E-state index in [0.29, 0.717) is 6.04 Å². The summed E-state index contributed by atoms with van der Waals surface area (Å²) >= 11 is 0. The van der Waals surface area contributed by atoms with Gasteiger partial charge in [0.05, 0.1) is 19.3 Å². The van der Waals surface area contributed by atoms with Gasteiger partial charge in [-0.1, -0.05) is 24.3 Å². The molecule has 0 saturated carbocycles. The molecular formula is C14H19N2O. The fourth-order valence-electron chi connectivity index (χ4n) is 2.71. The highest BCUT2D eigenvalue weighted by Gasteiger charge is 2.23. The van der Waals surface area contributed by atoms with Gasteiger partial charge in [-0.05, 0) is 17.5 Å². The van der Waals surface area contributed by atoms with Crippen molar-refractivity contribution in [3.8, 4) is 0 Å². The third-order valence-corrected chi connectivity index (χ3v) is 3.68. The number of benzene rings is 1. The van der Waals surface area contributed by atoms with Crippen molar-refractivity contribution in [3.05, 3.63) is 35.4 Å². The van der Waals surface area contributed by atoms with E-state index in [0.717, 1.165) is 45.8 Å². The second kappa shape index (κ2) is 5.17. The van der Waals surface area contributed by atoms with Crippen molar-refractivity contribution in [1.29, 1.82) is 0 Å². The normalized spacial score (nSPS) is 25.5. The lowest BCUT2D eigenvalue weighted by Crippen LogP contribution is -2.41. The first-order valence-electron chi connectivity index (χ1n) is 6.48. The SMILES string of the molecule is c1ccc2c(c1)CC[N]C2CN1CCOCC1. The largest absolute Gasteiger partial charge is 0.379 e. The lowest BCUT2D eigenvalue weighted by atomic mass is 9.94. The fraction of sp³-hybridized carbons (Fsp3) is 0.571. The molecule has 0 amide bonds. The van der Waals surface area contributed by atoms with E-state index in [-0.39, 0.29) is 0 Å². The Morgan fingerprint density at radius 1 is 1.24 bits per heavy atom. The molecule has 3 heteroatoms. The average molecular weight is 231 g/mol. The number of rotatable bonds is 2. The fourth-order valence-corrected chi connectivity index (χ4v) is 2.71. The smallest absolute Gasteiger partial charge is 0.0625 e. The summed E-state index contributed by atoms with van der Waals surface area (Å²) in [6.45, 7) is 5.87. The first kappa shape index (κ1) is 11.2. The zero-order chi connectivity index (χ0) is 11.5. The van der Waals surface area contributed by atoms with Crippen LogP contribution in [0.1, 0.15) is 17.2 Å². The molecule has 3 rings (SSSR count). The molecule has 2 aliphatic heterocycles. The first-order chi connectivity index (χ1) is 8.43. The van der Waals surface area contributed by atoms with Gasteiger partial charge in [-0.3, -0.25) is 4.90 Å². The summed E-state index contributed by atoms with van der Waals surface area (Å²) in [6.07, 6.45) is 1.11.